The first-order valence-corrected chi connectivity index (χ1v) is 10.6. The van der Waals surface area contributed by atoms with Gasteiger partial charge in [-0.2, -0.15) is 0 Å². The van der Waals surface area contributed by atoms with Crippen LogP contribution in [0, 0.1) is 34.5 Å². The molecule has 4 aliphatic rings. The largest absolute Gasteiger partial charge is 0.387 e. The van der Waals surface area contributed by atoms with E-state index in [0.717, 1.165) is 37.9 Å². The highest BCUT2D eigenvalue weighted by Gasteiger charge is 2.60. The topological polar surface area (TPSA) is 58.2 Å². The average molecular weight is 371 g/mol. The standard InChI is InChI=1S/C23H34N2O2/c1-21(2,3)25-20(27)18-7-6-16-15-13-24-19-12-14(26)8-10-23(19,5)17(15)9-11-22(16,18)4/h8,10,12,15-18,24H,6-7,9,11,13H2,1-5H3,(H,25,27)/t15?,16?,17?,18-,22+,23-/m1/s1. The molecule has 3 unspecified atom stereocenters. The fraction of sp³-hybridized carbons (Fsp3) is 0.739. The van der Waals surface area contributed by atoms with Gasteiger partial charge in [-0.15, -0.1) is 0 Å². The maximum atomic E-state index is 13.0. The lowest BCUT2D eigenvalue weighted by Gasteiger charge is -2.57. The summed E-state index contributed by atoms with van der Waals surface area (Å²) in [5.74, 6) is 2.14. The highest BCUT2D eigenvalue weighted by atomic mass is 16.2. The van der Waals surface area contributed by atoms with E-state index in [1.807, 2.05) is 0 Å². The lowest BCUT2D eigenvalue weighted by atomic mass is 9.50. The van der Waals surface area contributed by atoms with Crippen molar-refractivity contribution >= 4 is 11.7 Å². The summed E-state index contributed by atoms with van der Waals surface area (Å²) < 4.78 is 0. The summed E-state index contributed by atoms with van der Waals surface area (Å²) in [4.78, 5) is 24.9. The van der Waals surface area contributed by atoms with Gasteiger partial charge in [0.25, 0.3) is 0 Å². The number of carbonyl (C=O) groups excluding carboxylic acids is 2. The number of amides is 1. The van der Waals surface area contributed by atoms with Gasteiger partial charge in [0.2, 0.25) is 5.91 Å². The van der Waals surface area contributed by atoms with Crippen LogP contribution in [0.3, 0.4) is 0 Å². The predicted octanol–water partition coefficient (Wildman–Crippen LogP) is 3.59. The van der Waals surface area contributed by atoms with E-state index in [-0.39, 0.29) is 34.0 Å². The van der Waals surface area contributed by atoms with Gasteiger partial charge in [0.1, 0.15) is 0 Å². The van der Waals surface area contributed by atoms with E-state index in [9.17, 15) is 9.59 Å². The van der Waals surface area contributed by atoms with E-state index in [1.54, 1.807) is 12.2 Å². The first kappa shape index (κ1) is 18.8. The molecule has 1 aliphatic heterocycles. The van der Waals surface area contributed by atoms with E-state index in [2.05, 4.69) is 51.3 Å². The third kappa shape index (κ3) is 2.87. The van der Waals surface area contributed by atoms with E-state index in [4.69, 9.17) is 0 Å². The minimum Gasteiger partial charge on any atom is -0.387 e. The Morgan fingerprint density at radius 3 is 2.63 bits per heavy atom. The number of fused-ring (bicyclic) bond motifs is 5. The van der Waals surface area contributed by atoms with Crippen LogP contribution in [0.5, 0.6) is 0 Å². The molecule has 0 bridgehead atoms. The van der Waals surface area contributed by atoms with Gasteiger partial charge in [0.15, 0.2) is 5.78 Å². The van der Waals surface area contributed by atoms with E-state index in [1.165, 1.54) is 0 Å². The molecule has 6 atom stereocenters. The second-order valence-electron chi connectivity index (χ2n) is 10.7. The molecule has 0 aromatic carbocycles. The van der Waals surface area contributed by atoms with Crippen LogP contribution in [0.25, 0.3) is 0 Å². The molecular weight excluding hydrogens is 336 g/mol. The van der Waals surface area contributed by atoms with Crippen LogP contribution in [0.2, 0.25) is 0 Å². The summed E-state index contributed by atoms with van der Waals surface area (Å²) >= 11 is 0. The predicted molar refractivity (Wildman–Crippen MR) is 107 cm³/mol. The first-order chi connectivity index (χ1) is 12.5. The van der Waals surface area contributed by atoms with Crippen molar-refractivity contribution in [1.82, 2.24) is 10.6 Å². The molecule has 1 saturated heterocycles. The van der Waals surface area contributed by atoms with Crippen LogP contribution in [-0.4, -0.2) is 23.8 Å². The summed E-state index contributed by atoms with van der Waals surface area (Å²) in [5.41, 5.74) is 0.940. The van der Waals surface area contributed by atoms with Crippen LogP contribution in [0.15, 0.2) is 23.9 Å². The molecule has 2 saturated carbocycles. The summed E-state index contributed by atoms with van der Waals surface area (Å²) in [6.45, 7) is 11.8. The van der Waals surface area contributed by atoms with Gasteiger partial charge >= 0.3 is 0 Å². The zero-order valence-corrected chi connectivity index (χ0v) is 17.4. The monoisotopic (exact) mass is 370 g/mol. The van der Waals surface area contributed by atoms with Crippen molar-refractivity contribution in [1.29, 1.82) is 0 Å². The minimum atomic E-state index is -0.179. The lowest BCUT2D eigenvalue weighted by molar-refractivity contribution is -0.133. The summed E-state index contributed by atoms with van der Waals surface area (Å²) in [5, 5.41) is 6.83. The number of allylic oxidation sites excluding steroid dienone is 3. The maximum Gasteiger partial charge on any atom is 0.224 e. The summed E-state index contributed by atoms with van der Waals surface area (Å²) in [6.07, 6.45) is 10.0. The number of piperidine rings is 1. The van der Waals surface area contributed by atoms with Gasteiger partial charge < -0.3 is 10.6 Å². The number of carbonyl (C=O) groups is 2. The van der Waals surface area contributed by atoms with Gasteiger partial charge in [-0.1, -0.05) is 19.9 Å². The van der Waals surface area contributed by atoms with Crippen molar-refractivity contribution in [3.05, 3.63) is 23.9 Å². The number of nitrogens with one attached hydrogen (secondary N) is 2. The van der Waals surface area contributed by atoms with E-state index < -0.39 is 0 Å². The highest BCUT2D eigenvalue weighted by Crippen LogP contribution is 2.63. The minimum absolute atomic E-state index is 0.0656. The third-order valence-corrected chi connectivity index (χ3v) is 8.01. The molecule has 3 fully saturated rings. The van der Waals surface area contributed by atoms with Crippen LogP contribution in [0.1, 0.15) is 60.3 Å². The van der Waals surface area contributed by atoms with Gasteiger partial charge in [-0.05, 0) is 75.7 Å². The van der Waals surface area contributed by atoms with E-state index in [0.29, 0.717) is 17.8 Å². The number of ketones is 1. The second kappa shape index (κ2) is 5.96. The molecule has 27 heavy (non-hydrogen) atoms. The molecule has 0 aromatic rings. The Labute approximate surface area is 163 Å². The molecule has 0 radical (unpaired) electrons. The molecule has 0 aromatic heterocycles. The van der Waals surface area contributed by atoms with Crippen molar-refractivity contribution in [3.8, 4) is 0 Å². The Hall–Kier alpha value is -1.58. The van der Waals surface area contributed by atoms with Crippen LogP contribution in [0.4, 0.5) is 0 Å². The molecule has 2 N–H and O–H groups in total. The summed E-state index contributed by atoms with van der Waals surface area (Å²) in [6, 6.07) is 0. The molecular formula is C23H34N2O2. The van der Waals surface area contributed by atoms with Gasteiger partial charge in [0.05, 0.1) is 0 Å². The third-order valence-electron chi connectivity index (χ3n) is 8.01. The van der Waals surface area contributed by atoms with Gasteiger partial charge in [0, 0.05) is 35.2 Å². The molecule has 4 heteroatoms. The molecule has 1 heterocycles. The first-order valence-electron chi connectivity index (χ1n) is 10.6. The van der Waals surface area contributed by atoms with Gasteiger partial charge in [-0.25, -0.2) is 0 Å². The van der Waals surface area contributed by atoms with Crippen molar-refractivity contribution < 1.29 is 9.59 Å². The zero-order chi connectivity index (χ0) is 19.6. The Morgan fingerprint density at radius 2 is 1.93 bits per heavy atom. The smallest absolute Gasteiger partial charge is 0.224 e. The summed E-state index contributed by atoms with van der Waals surface area (Å²) in [7, 11) is 0. The van der Waals surface area contributed by atoms with Crippen LogP contribution < -0.4 is 10.6 Å². The number of hydrogen-bond donors (Lipinski definition) is 2. The van der Waals surface area contributed by atoms with Crippen molar-refractivity contribution in [3.63, 3.8) is 0 Å². The normalized spacial score (nSPS) is 43.1. The van der Waals surface area contributed by atoms with Crippen molar-refractivity contribution in [2.75, 3.05) is 6.54 Å². The van der Waals surface area contributed by atoms with Crippen molar-refractivity contribution in [2.24, 2.45) is 34.5 Å². The van der Waals surface area contributed by atoms with E-state index >= 15 is 0 Å². The fourth-order valence-corrected chi connectivity index (χ4v) is 6.69. The quantitative estimate of drug-likeness (QED) is 0.741. The maximum absolute atomic E-state index is 13.0. The Morgan fingerprint density at radius 1 is 1.19 bits per heavy atom. The molecule has 0 spiro atoms. The van der Waals surface area contributed by atoms with Crippen LogP contribution in [-0.2, 0) is 9.59 Å². The Kier molecular flexibility index (Phi) is 4.14. The number of hydrogen-bond acceptors (Lipinski definition) is 3. The molecule has 4 rings (SSSR count). The molecule has 3 aliphatic carbocycles. The Balaban J connectivity index is 1.59. The fourth-order valence-electron chi connectivity index (χ4n) is 6.69. The SMILES string of the molecule is CC(C)(C)NC(=O)[C@H]1CCC2C3CNC4=CC(=O)C=C[C@]4(C)C3CC[C@@]21C. The zero-order valence-electron chi connectivity index (χ0n) is 17.4. The second-order valence-corrected chi connectivity index (χ2v) is 10.7. The lowest BCUT2D eigenvalue weighted by Crippen LogP contribution is -2.57. The number of rotatable bonds is 1. The average Bonchev–Trinajstić information content (AvgIpc) is 2.91. The molecule has 4 nitrogen and oxygen atoms in total. The Bertz CT molecular complexity index is 731. The van der Waals surface area contributed by atoms with Gasteiger partial charge in [-0.3, -0.25) is 9.59 Å². The molecule has 148 valence electrons. The van der Waals surface area contributed by atoms with Crippen molar-refractivity contribution in [2.45, 2.75) is 65.8 Å². The van der Waals surface area contributed by atoms with Crippen LogP contribution >= 0.6 is 0 Å². The molecule has 1 amide bonds. The highest BCUT2D eigenvalue weighted by molar-refractivity contribution is 6.01.